The van der Waals surface area contributed by atoms with Crippen LogP contribution < -0.4 is 16.6 Å². The summed E-state index contributed by atoms with van der Waals surface area (Å²) in [5, 5.41) is 2.77. The molecule has 164 valence electrons. The van der Waals surface area contributed by atoms with Crippen LogP contribution in [-0.4, -0.2) is 19.9 Å². The molecule has 4 aromatic rings. The molecule has 0 aliphatic carbocycles. The highest BCUT2D eigenvalue weighted by Crippen LogP contribution is 2.18. The first-order valence-electron chi connectivity index (χ1n) is 9.64. The second-order valence-electron chi connectivity index (χ2n) is 7.31. The minimum atomic E-state index is -1.06. The van der Waals surface area contributed by atoms with Crippen molar-refractivity contribution in [3.8, 4) is 0 Å². The highest BCUT2D eigenvalue weighted by atomic mass is 32.1. The van der Waals surface area contributed by atoms with Crippen molar-refractivity contribution in [3.63, 3.8) is 0 Å². The Bertz CT molecular complexity index is 1460. The van der Waals surface area contributed by atoms with Gasteiger partial charge in [-0.3, -0.25) is 23.5 Å². The first-order valence-corrected chi connectivity index (χ1v) is 10.5. The summed E-state index contributed by atoms with van der Waals surface area (Å²) in [5.74, 6) is -2.47. The van der Waals surface area contributed by atoms with E-state index in [9.17, 15) is 23.2 Å². The van der Waals surface area contributed by atoms with Crippen LogP contribution in [0.2, 0.25) is 0 Å². The average molecular weight is 456 g/mol. The lowest BCUT2D eigenvalue weighted by Gasteiger charge is -2.08. The number of benzene rings is 1. The topological polar surface area (TPSA) is 85.5 Å². The summed E-state index contributed by atoms with van der Waals surface area (Å²) in [4.78, 5) is 43.1. The minimum Gasteiger partial charge on any atom is -0.347 e. The van der Waals surface area contributed by atoms with Crippen molar-refractivity contribution in [3.05, 3.63) is 102 Å². The van der Waals surface area contributed by atoms with Crippen LogP contribution in [0.15, 0.2) is 52.3 Å². The molecule has 3 heterocycles. The lowest BCUT2D eigenvalue weighted by molar-refractivity contribution is 0.0954. The zero-order valence-corrected chi connectivity index (χ0v) is 18.0. The predicted molar refractivity (Wildman–Crippen MR) is 116 cm³/mol. The average Bonchev–Trinajstić information content (AvgIpc) is 3.23. The van der Waals surface area contributed by atoms with E-state index in [-0.39, 0.29) is 29.1 Å². The van der Waals surface area contributed by atoms with Gasteiger partial charge in [0.2, 0.25) is 0 Å². The number of aryl methyl sites for hydroxylation is 2. The molecule has 4 rings (SSSR count). The Morgan fingerprint density at radius 1 is 1.09 bits per heavy atom. The molecule has 0 fully saturated rings. The summed E-state index contributed by atoms with van der Waals surface area (Å²) in [5.41, 5.74) is 1.01. The van der Waals surface area contributed by atoms with Gasteiger partial charge in [0.05, 0.1) is 6.54 Å². The van der Waals surface area contributed by atoms with Gasteiger partial charge < -0.3 is 5.32 Å². The molecule has 0 aliphatic heterocycles. The molecule has 10 heteroatoms. The van der Waals surface area contributed by atoms with Gasteiger partial charge in [0.1, 0.15) is 9.71 Å². The van der Waals surface area contributed by atoms with Crippen LogP contribution in [0.25, 0.3) is 4.83 Å². The zero-order chi connectivity index (χ0) is 23.0. The van der Waals surface area contributed by atoms with Crippen LogP contribution in [0.5, 0.6) is 0 Å². The normalized spacial score (nSPS) is 11.1. The maximum atomic E-state index is 13.5. The molecule has 0 aliphatic rings. The number of aromatic nitrogens is 3. The van der Waals surface area contributed by atoms with Gasteiger partial charge in [0.15, 0.2) is 11.6 Å². The van der Waals surface area contributed by atoms with Crippen molar-refractivity contribution in [1.29, 1.82) is 0 Å². The summed E-state index contributed by atoms with van der Waals surface area (Å²) in [6.45, 7) is 3.45. The van der Waals surface area contributed by atoms with Gasteiger partial charge in [0.25, 0.3) is 11.5 Å². The lowest BCUT2D eigenvalue weighted by Crippen LogP contribution is -2.38. The van der Waals surface area contributed by atoms with E-state index in [4.69, 9.17) is 0 Å². The molecule has 0 saturated carbocycles. The Morgan fingerprint density at radius 3 is 2.53 bits per heavy atom. The third-order valence-electron chi connectivity index (χ3n) is 4.97. The molecule has 0 unspecified atom stereocenters. The van der Waals surface area contributed by atoms with Gasteiger partial charge >= 0.3 is 5.69 Å². The molecule has 1 N–H and O–H groups in total. The predicted octanol–water partition coefficient (Wildman–Crippen LogP) is 2.79. The van der Waals surface area contributed by atoms with Gasteiger partial charge in [-0.15, -0.1) is 11.3 Å². The number of pyridine rings is 1. The molecule has 1 amide bonds. The molecule has 3 aromatic heterocycles. The highest BCUT2D eigenvalue weighted by molar-refractivity contribution is 7.19. The molecule has 0 radical (unpaired) electrons. The van der Waals surface area contributed by atoms with Gasteiger partial charge in [-0.2, -0.15) is 0 Å². The number of thiazole rings is 1. The van der Waals surface area contributed by atoms with E-state index in [1.54, 1.807) is 13.1 Å². The monoisotopic (exact) mass is 456 g/mol. The third kappa shape index (κ3) is 4.09. The van der Waals surface area contributed by atoms with E-state index >= 15 is 0 Å². The quantitative estimate of drug-likeness (QED) is 0.501. The Hall–Kier alpha value is -3.66. The van der Waals surface area contributed by atoms with E-state index in [1.807, 2.05) is 19.1 Å². The summed E-state index contributed by atoms with van der Waals surface area (Å²) < 4.78 is 28.9. The molecule has 0 bridgehead atoms. The lowest BCUT2D eigenvalue weighted by atomic mass is 10.2. The van der Waals surface area contributed by atoms with Gasteiger partial charge in [-0.1, -0.05) is 12.1 Å². The van der Waals surface area contributed by atoms with E-state index in [2.05, 4.69) is 10.3 Å². The first kappa shape index (κ1) is 21.6. The number of amides is 1. The van der Waals surface area contributed by atoms with Crippen molar-refractivity contribution in [2.75, 3.05) is 0 Å². The van der Waals surface area contributed by atoms with E-state index < -0.39 is 28.8 Å². The summed E-state index contributed by atoms with van der Waals surface area (Å²) >= 11 is 1.03. The summed E-state index contributed by atoms with van der Waals surface area (Å²) in [6.07, 6.45) is 3.04. The Labute approximate surface area is 184 Å². The maximum absolute atomic E-state index is 13.5. The van der Waals surface area contributed by atoms with E-state index in [0.29, 0.717) is 4.83 Å². The molecule has 32 heavy (non-hydrogen) atoms. The molecule has 7 nitrogen and oxygen atoms in total. The number of hydrogen-bond donors (Lipinski definition) is 1. The molecule has 0 atom stereocenters. The SMILES string of the molecule is Cc1ccc(CNC(=O)c2cn3c(=O)n(Cc4ccc(F)c(F)c4)c(=O)c(C)c3s2)cn1. The Balaban J connectivity index is 1.65. The zero-order valence-electron chi connectivity index (χ0n) is 17.2. The number of nitrogens with zero attached hydrogens (tertiary/aromatic N) is 3. The van der Waals surface area contributed by atoms with Crippen LogP contribution in [-0.2, 0) is 13.1 Å². The fraction of sp³-hybridized carbons (Fsp3) is 0.182. The Kier molecular flexibility index (Phi) is 5.70. The van der Waals surface area contributed by atoms with Crippen LogP contribution in [0.3, 0.4) is 0 Å². The van der Waals surface area contributed by atoms with Crippen molar-refractivity contribution in [2.45, 2.75) is 26.9 Å². The number of carbonyl (C=O) groups excluding carboxylic acids is 1. The minimum absolute atomic E-state index is 0.226. The fourth-order valence-electron chi connectivity index (χ4n) is 3.20. The van der Waals surface area contributed by atoms with Crippen LogP contribution in [0.1, 0.15) is 32.1 Å². The van der Waals surface area contributed by atoms with Crippen molar-refractivity contribution < 1.29 is 13.6 Å². The standard InChI is InChI=1S/C22H18F2N4O3S/c1-12-3-4-15(8-25-12)9-26-19(29)18-11-28-21(32-18)13(2)20(30)27(22(28)31)10-14-5-6-16(23)17(24)7-14/h3-8,11H,9-10H2,1-2H3,(H,26,29). The smallest absolute Gasteiger partial charge is 0.336 e. The third-order valence-corrected chi connectivity index (χ3v) is 6.18. The number of hydrogen-bond acceptors (Lipinski definition) is 5. The number of rotatable bonds is 5. The van der Waals surface area contributed by atoms with Gasteiger partial charge in [-0.25, -0.2) is 13.6 Å². The largest absolute Gasteiger partial charge is 0.347 e. The van der Waals surface area contributed by atoms with Crippen LogP contribution >= 0.6 is 11.3 Å². The summed E-state index contributed by atoms with van der Waals surface area (Å²) in [6, 6.07) is 6.88. The molecule has 0 saturated heterocycles. The molecular formula is C22H18F2N4O3S. The van der Waals surface area contributed by atoms with Crippen molar-refractivity contribution >= 4 is 22.1 Å². The number of nitrogens with one attached hydrogen (secondary N) is 1. The van der Waals surface area contributed by atoms with Gasteiger partial charge in [-0.05, 0) is 43.2 Å². The van der Waals surface area contributed by atoms with Gasteiger partial charge in [0, 0.05) is 30.2 Å². The van der Waals surface area contributed by atoms with Crippen LogP contribution in [0.4, 0.5) is 8.78 Å². The van der Waals surface area contributed by atoms with Crippen LogP contribution in [0, 0.1) is 25.5 Å². The number of carbonyl (C=O) groups is 1. The molecule has 1 aromatic carbocycles. The second kappa shape index (κ2) is 8.46. The maximum Gasteiger partial charge on any atom is 0.336 e. The summed E-state index contributed by atoms with van der Waals surface area (Å²) in [7, 11) is 0. The number of fused-ring (bicyclic) bond motifs is 1. The Morgan fingerprint density at radius 2 is 1.84 bits per heavy atom. The number of halogens is 2. The van der Waals surface area contributed by atoms with E-state index in [1.165, 1.54) is 16.7 Å². The second-order valence-corrected chi connectivity index (χ2v) is 8.34. The fourth-order valence-corrected chi connectivity index (χ4v) is 4.20. The van der Waals surface area contributed by atoms with Crippen molar-refractivity contribution in [2.24, 2.45) is 0 Å². The molecule has 0 spiro atoms. The van der Waals surface area contributed by atoms with Crippen molar-refractivity contribution in [1.82, 2.24) is 19.3 Å². The molecular weight excluding hydrogens is 438 g/mol. The first-order chi connectivity index (χ1) is 15.2. The highest BCUT2D eigenvalue weighted by Gasteiger charge is 2.18. The van der Waals surface area contributed by atoms with E-state index in [0.717, 1.165) is 39.3 Å².